The third-order valence-corrected chi connectivity index (χ3v) is 11.7. The third-order valence-electron chi connectivity index (χ3n) is 6.88. The zero-order valence-electron chi connectivity index (χ0n) is 19.4. The molecule has 4 aromatic rings. The van der Waals surface area contributed by atoms with Crippen LogP contribution in [0.5, 0.6) is 5.75 Å². The van der Waals surface area contributed by atoms with Crippen LogP contribution in [0.1, 0.15) is 37.6 Å². The monoisotopic (exact) mass is 517 g/mol. The van der Waals surface area contributed by atoms with Crippen molar-refractivity contribution < 1.29 is 4.74 Å². The molecule has 33 heavy (non-hydrogen) atoms. The van der Waals surface area contributed by atoms with E-state index in [2.05, 4.69) is 130 Å². The Balaban J connectivity index is 0.00000259. The van der Waals surface area contributed by atoms with Crippen LogP contribution in [-0.4, -0.2) is 6.61 Å². The fourth-order valence-corrected chi connectivity index (χ4v) is 9.90. The predicted octanol–water partition coefficient (Wildman–Crippen LogP) is 6.99. The van der Waals surface area contributed by atoms with Crippen molar-refractivity contribution in [2.75, 3.05) is 6.61 Å². The molecule has 0 bridgehead atoms. The van der Waals surface area contributed by atoms with E-state index in [1.54, 1.807) is 0 Å². The Kier molecular flexibility index (Phi) is 6.80. The van der Waals surface area contributed by atoms with E-state index in [0.717, 1.165) is 12.4 Å². The smallest absolute Gasteiger partial charge is 0.123 e. The van der Waals surface area contributed by atoms with E-state index in [4.69, 9.17) is 4.74 Å². The van der Waals surface area contributed by atoms with E-state index in [1.165, 1.54) is 27.0 Å². The van der Waals surface area contributed by atoms with Gasteiger partial charge in [-0.1, -0.05) is 74.5 Å². The summed E-state index contributed by atoms with van der Waals surface area (Å²) in [6.07, 6.45) is 0. The summed E-state index contributed by atoms with van der Waals surface area (Å²) in [7, 11) is -1.97. The Morgan fingerprint density at radius 1 is 0.697 bits per heavy atom. The van der Waals surface area contributed by atoms with Gasteiger partial charge in [0.15, 0.2) is 0 Å². The van der Waals surface area contributed by atoms with Gasteiger partial charge in [0.2, 0.25) is 0 Å². The maximum atomic E-state index is 6.00. The molecule has 1 atom stereocenters. The highest BCUT2D eigenvalue weighted by Crippen LogP contribution is 2.66. The quantitative estimate of drug-likeness (QED) is 0.259. The largest absolute Gasteiger partial charge is 0.492 e. The molecule has 0 spiro atoms. The number of benzene rings is 4. The van der Waals surface area contributed by atoms with Gasteiger partial charge in [-0.2, -0.15) is 0 Å². The summed E-state index contributed by atoms with van der Waals surface area (Å²) in [5, 5.41) is 4.25. The first-order valence-electron chi connectivity index (χ1n) is 11.4. The van der Waals surface area contributed by atoms with Gasteiger partial charge < -0.3 is 4.74 Å². The van der Waals surface area contributed by atoms with Gasteiger partial charge in [-0.05, 0) is 61.0 Å². The average Bonchev–Trinajstić information content (AvgIpc) is 3.15. The first-order chi connectivity index (χ1) is 15.5. The number of hydrogen-bond donors (Lipinski definition) is 0. The maximum Gasteiger partial charge on any atom is 0.123 e. The van der Waals surface area contributed by atoms with Gasteiger partial charge in [0.1, 0.15) is 34.6 Å². The SMILES string of the molecule is Br.CC(c1ccc2c(c1)C(C)(C)CO2)[P+](c1ccccc1)(c1ccccc1)c1ccccc1. The second-order valence-electron chi connectivity index (χ2n) is 9.33. The second-order valence-corrected chi connectivity index (χ2v) is 13.1. The van der Waals surface area contributed by atoms with Crippen LogP contribution in [-0.2, 0) is 5.41 Å². The van der Waals surface area contributed by atoms with Gasteiger partial charge in [0, 0.05) is 11.0 Å². The number of fused-ring (bicyclic) bond motifs is 1. The Morgan fingerprint density at radius 2 is 1.15 bits per heavy atom. The summed E-state index contributed by atoms with van der Waals surface area (Å²) in [5.74, 6) is 1.04. The van der Waals surface area contributed by atoms with Crippen LogP contribution in [0.25, 0.3) is 0 Å². The van der Waals surface area contributed by atoms with Gasteiger partial charge in [-0.25, -0.2) is 0 Å². The van der Waals surface area contributed by atoms with Crippen LogP contribution in [0, 0.1) is 0 Å². The third kappa shape index (κ3) is 4.05. The van der Waals surface area contributed by atoms with Crippen LogP contribution < -0.4 is 20.7 Å². The Morgan fingerprint density at radius 3 is 1.61 bits per heavy atom. The van der Waals surface area contributed by atoms with Crippen molar-refractivity contribution in [1.29, 1.82) is 0 Å². The molecule has 1 aliphatic rings. The van der Waals surface area contributed by atoms with Crippen LogP contribution >= 0.6 is 24.2 Å². The van der Waals surface area contributed by atoms with E-state index in [0.29, 0.717) is 5.66 Å². The molecule has 1 heterocycles. The molecule has 3 heteroatoms. The maximum absolute atomic E-state index is 6.00. The van der Waals surface area contributed by atoms with E-state index in [9.17, 15) is 0 Å². The Bertz CT molecular complexity index is 1110. The van der Waals surface area contributed by atoms with Gasteiger partial charge in [-0.3, -0.25) is 0 Å². The van der Waals surface area contributed by atoms with E-state index >= 15 is 0 Å². The highest BCUT2D eigenvalue weighted by atomic mass is 79.9. The molecular formula is C30H31BrOP+. The van der Waals surface area contributed by atoms with Crippen molar-refractivity contribution in [3.05, 3.63) is 120 Å². The van der Waals surface area contributed by atoms with Gasteiger partial charge in [0.05, 0.1) is 6.61 Å². The summed E-state index contributed by atoms with van der Waals surface area (Å²) >= 11 is 0. The molecule has 0 N–H and O–H groups in total. The van der Waals surface area contributed by atoms with E-state index in [-0.39, 0.29) is 22.4 Å². The van der Waals surface area contributed by atoms with Crippen LogP contribution in [0.3, 0.4) is 0 Å². The minimum Gasteiger partial charge on any atom is -0.492 e. The molecule has 0 saturated heterocycles. The summed E-state index contributed by atoms with van der Waals surface area (Å²) in [6, 6.07) is 40.3. The lowest BCUT2D eigenvalue weighted by Crippen LogP contribution is -2.34. The zero-order chi connectivity index (χ0) is 22.2. The molecule has 0 aromatic heterocycles. The molecule has 1 unspecified atom stereocenters. The molecule has 0 aliphatic carbocycles. The lowest BCUT2D eigenvalue weighted by atomic mass is 9.86. The van der Waals surface area contributed by atoms with Crippen molar-refractivity contribution >= 4 is 40.2 Å². The number of ether oxygens (including phenoxy) is 1. The fourth-order valence-electron chi connectivity index (χ4n) is 5.13. The summed E-state index contributed by atoms with van der Waals surface area (Å²) < 4.78 is 6.00. The lowest BCUT2D eigenvalue weighted by molar-refractivity contribution is 0.291. The molecular weight excluding hydrogens is 487 g/mol. The lowest BCUT2D eigenvalue weighted by Gasteiger charge is -2.33. The van der Waals surface area contributed by atoms with Gasteiger partial charge >= 0.3 is 0 Å². The predicted molar refractivity (Wildman–Crippen MR) is 149 cm³/mol. The van der Waals surface area contributed by atoms with Crippen molar-refractivity contribution in [1.82, 2.24) is 0 Å². The highest BCUT2D eigenvalue weighted by Gasteiger charge is 2.51. The number of halogens is 1. The molecule has 5 rings (SSSR count). The van der Waals surface area contributed by atoms with Gasteiger partial charge in [0.25, 0.3) is 0 Å². The topological polar surface area (TPSA) is 9.23 Å². The van der Waals surface area contributed by atoms with Gasteiger partial charge in [-0.15, -0.1) is 17.0 Å². The van der Waals surface area contributed by atoms with Crippen LogP contribution in [0.4, 0.5) is 0 Å². The summed E-state index contributed by atoms with van der Waals surface area (Å²) in [5.41, 5.74) is 3.07. The second kappa shape index (κ2) is 9.45. The van der Waals surface area contributed by atoms with Crippen LogP contribution in [0.2, 0.25) is 0 Å². The zero-order valence-corrected chi connectivity index (χ0v) is 22.0. The average molecular weight is 518 g/mol. The number of rotatable bonds is 5. The first kappa shape index (κ1) is 23.7. The van der Waals surface area contributed by atoms with Crippen LogP contribution in [0.15, 0.2) is 109 Å². The van der Waals surface area contributed by atoms with E-state index < -0.39 is 7.26 Å². The first-order valence-corrected chi connectivity index (χ1v) is 13.2. The minimum atomic E-state index is -1.97. The van der Waals surface area contributed by atoms with Crippen molar-refractivity contribution in [3.8, 4) is 5.75 Å². The molecule has 0 amide bonds. The Hall–Kier alpha value is -2.41. The molecule has 0 saturated carbocycles. The molecule has 4 aromatic carbocycles. The molecule has 168 valence electrons. The van der Waals surface area contributed by atoms with Crippen molar-refractivity contribution in [3.63, 3.8) is 0 Å². The minimum absolute atomic E-state index is 0. The fraction of sp³-hybridized carbons (Fsp3) is 0.200. The van der Waals surface area contributed by atoms with E-state index in [1.807, 2.05) is 0 Å². The molecule has 1 nitrogen and oxygen atoms in total. The summed E-state index contributed by atoms with van der Waals surface area (Å²) in [6.45, 7) is 7.73. The molecule has 0 fully saturated rings. The molecule has 0 radical (unpaired) electrons. The molecule has 1 aliphatic heterocycles. The number of hydrogen-bond acceptors (Lipinski definition) is 1. The highest BCUT2D eigenvalue weighted by molar-refractivity contribution is 8.93. The van der Waals surface area contributed by atoms with Crippen molar-refractivity contribution in [2.45, 2.75) is 31.8 Å². The standard InChI is InChI=1S/C30H30OP.BrH/c1-23(24-19-20-29-28(21-24)30(2,3)22-31-29)32(25-13-7-4-8-14-25,26-15-9-5-10-16-26)27-17-11-6-12-18-27;/h4-21,23H,22H2,1-3H3;1H/q+1;. The van der Waals surface area contributed by atoms with Crippen molar-refractivity contribution in [2.24, 2.45) is 0 Å². The Labute approximate surface area is 208 Å². The normalized spacial score (nSPS) is 15.1. The summed E-state index contributed by atoms with van der Waals surface area (Å²) in [4.78, 5) is 0.